The molecule has 0 aromatic heterocycles. The van der Waals surface area contributed by atoms with Crippen LogP contribution in [0.2, 0.25) is 0 Å². The van der Waals surface area contributed by atoms with Gasteiger partial charge < -0.3 is 10.2 Å². The zero-order valence-corrected chi connectivity index (χ0v) is 16.5. The third kappa shape index (κ3) is 4.37. The third-order valence-electron chi connectivity index (χ3n) is 4.30. The van der Waals surface area contributed by atoms with Crippen LogP contribution in [0.4, 0.5) is 5.69 Å². The van der Waals surface area contributed by atoms with E-state index in [1.807, 2.05) is 6.07 Å². The van der Waals surface area contributed by atoms with Crippen LogP contribution in [0, 0.1) is 5.92 Å². The van der Waals surface area contributed by atoms with E-state index in [0.717, 1.165) is 31.9 Å². The predicted molar refractivity (Wildman–Crippen MR) is 106 cm³/mol. The molecule has 0 aliphatic carbocycles. The SMILES string of the molecule is CCNC(=NCC1CCS(=O)(=O)C1)N1CCc2ccccc21.I. The molecule has 2 aliphatic heterocycles. The number of para-hydroxylation sites is 1. The van der Waals surface area contributed by atoms with Crippen LogP contribution >= 0.6 is 24.0 Å². The van der Waals surface area contributed by atoms with Crippen molar-refractivity contribution in [2.24, 2.45) is 10.9 Å². The van der Waals surface area contributed by atoms with Gasteiger partial charge in [-0.05, 0) is 37.3 Å². The fourth-order valence-electron chi connectivity index (χ4n) is 3.18. The molecular weight excluding hydrogens is 425 g/mol. The average Bonchev–Trinajstić information content (AvgIpc) is 3.07. The van der Waals surface area contributed by atoms with E-state index in [2.05, 4.69) is 35.3 Å². The van der Waals surface area contributed by atoms with Gasteiger partial charge in [-0.2, -0.15) is 0 Å². The van der Waals surface area contributed by atoms with E-state index in [1.54, 1.807) is 0 Å². The number of sulfone groups is 1. The zero-order chi connectivity index (χ0) is 15.6. The van der Waals surface area contributed by atoms with Gasteiger partial charge in [0.25, 0.3) is 0 Å². The first-order valence-electron chi connectivity index (χ1n) is 7.93. The topological polar surface area (TPSA) is 61.8 Å². The summed E-state index contributed by atoms with van der Waals surface area (Å²) in [5.41, 5.74) is 2.55. The summed E-state index contributed by atoms with van der Waals surface area (Å²) in [6, 6.07) is 8.39. The van der Waals surface area contributed by atoms with Crippen molar-refractivity contribution in [1.29, 1.82) is 0 Å². The molecule has 0 amide bonds. The van der Waals surface area contributed by atoms with Crippen LogP contribution in [0.5, 0.6) is 0 Å². The molecule has 0 saturated carbocycles. The largest absolute Gasteiger partial charge is 0.356 e. The number of anilines is 1. The van der Waals surface area contributed by atoms with Gasteiger partial charge in [-0.3, -0.25) is 4.99 Å². The molecule has 1 N–H and O–H groups in total. The minimum atomic E-state index is -2.83. The van der Waals surface area contributed by atoms with E-state index in [4.69, 9.17) is 4.99 Å². The van der Waals surface area contributed by atoms with Gasteiger partial charge in [0.05, 0.1) is 11.5 Å². The Morgan fingerprint density at radius 1 is 1.39 bits per heavy atom. The van der Waals surface area contributed by atoms with E-state index in [9.17, 15) is 8.42 Å². The molecule has 2 heterocycles. The summed E-state index contributed by atoms with van der Waals surface area (Å²) in [5.74, 6) is 1.64. The van der Waals surface area contributed by atoms with Gasteiger partial charge >= 0.3 is 0 Å². The highest BCUT2D eigenvalue weighted by Crippen LogP contribution is 2.27. The Hall–Kier alpha value is -0.830. The van der Waals surface area contributed by atoms with Crippen LogP contribution in [0.1, 0.15) is 18.9 Å². The van der Waals surface area contributed by atoms with Gasteiger partial charge in [-0.15, -0.1) is 24.0 Å². The summed E-state index contributed by atoms with van der Waals surface area (Å²) >= 11 is 0. The Morgan fingerprint density at radius 3 is 2.87 bits per heavy atom. The maximum absolute atomic E-state index is 11.6. The maximum atomic E-state index is 11.6. The molecule has 1 aromatic carbocycles. The summed E-state index contributed by atoms with van der Waals surface area (Å²) in [6.07, 6.45) is 1.76. The maximum Gasteiger partial charge on any atom is 0.198 e. The van der Waals surface area contributed by atoms with E-state index in [-0.39, 0.29) is 35.6 Å². The Labute approximate surface area is 155 Å². The minimum Gasteiger partial charge on any atom is -0.356 e. The first kappa shape index (κ1) is 18.5. The highest BCUT2D eigenvalue weighted by atomic mass is 127. The first-order valence-corrected chi connectivity index (χ1v) is 9.75. The molecule has 2 aliphatic rings. The lowest BCUT2D eigenvalue weighted by atomic mass is 10.1. The smallest absolute Gasteiger partial charge is 0.198 e. The molecule has 3 rings (SSSR count). The summed E-state index contributed by atoms with van der Waals surface area (Å²) in [6.45, 7) is 4.37. The van der Waals surface area contributed by atoms with Crippen molar-refractivity contribution >= 4 is 45.5 Å². The number of rotatable bonds is 3. The highest BCUT2D eigenvalue weighted by molar-refractivity contribution is 14.0. The molecule has 23 heavy (non-hydrogen) atoms. The molecule has 1 atom stereocenters. The molecular formula is C16H24IN3O2S. The van der Waals surface area contributed by atoms with Crippen molar-refractivity contribution in [1.82, 2.24) is 5.32 Å². The Bertz CT molecular complexity index is 676. The third-order valence-corrected chi connectivity index (χ3v) is 6.14. The van der Waals surface area contributed by atoms with E-state index >= 15 is 0 Å². The van der Waals surface area contributed by atoms with Crippen molar-refractivity contribution < 1.29 is 8.42 Å². The lowest BCUT2D eigenvalue weighted by Crippen LogP contribution is -2.41. The van der Waals surface area contributed by atoms with Crippen LogP contribution in [-0.2, 0) is 16.3 Å². The van der Waals surface area contributed by atoms with E-state index < -0.39 is 9.84 Å². The van der Waals surface area contributed by atoms with Gasteiger partial charge in [-0.25, -0.2) is 8.42 Å². The van der Waals surface area contributed by atoms with Crippen molar-refractivity contribution in [3.8, 4) is 0 Å². The molecule has 7 heteroatoms. The summed E-state index contributed by atoms with van der Waals surface area (Å²) in [4.78, 5) is 6.92. The highest BCUT2D eigenvalue weighted by Gasteiger charge is 2.28. The molecule has 0 spiro atoms. The Morgan fingerprint density at radius 2 is 2.17 bits per heavy atom. The number of guanidine groups is 1. The van der Waals surface area contributed by atoms with Gasteiger partial charge in [0.2, 0.25) is 0 Å². The average molecular weight is 449 g/mol. The van der Waals surface area contributed by atoms with Crippen LogP contribution in [0.25, 0.3) is 0 Å². The molecule has 5 nitrogen and oxygen atoms in total. The van der Waals surface area contributed by atoms with E-state index in [0.29, 0.717) is 12.3 Å². The Kier molecular flexibility index (Phi) is 6.30. The van der Waals surface area contributed by atoms with Gasteiger partial charge in [-0.1, -0.05) is 18.2 Å². The number of hydrogen-bond donors (Lipinski definition) is 1. The van der Waals surface area contributed by atoms with Crippen LogP contribution in [0.3, 0.4) is 0 Å². The number of nitrogens with one attached hydrogen (secondary N) is 1. The van der Waals surface area contributed by atoms with E-state index in [1.165, 1.54) is 11.3 Å². The molecule has 0 radical (unpaired) electrons. The quantitative estimate of drug-likeness (QED) is 0.436. The molecule has 1 aromatic rings. The molecule has 1 fully saturated rings. The monoisotopic (exact) mass is 449 g/mol. The number of benzene rings is 1. The summed E-state index contributed by atoms with van der Waals surface area (Å²) in [7, 11) is -2.83. The van der Waals surface area contributed by atoms with Crippen molar-refractivity contribution in [3.63, 3.8) is 0 Å². The van der Waals surface area contributed by atoms with Crippen LogP contribution < -0.4 is 10.2 Å². The van der Waals surface area contributed by atoms with Crippen molar-refractivity contribution in [3.05, 3.63) is 29.8 Å². The molecule has 1 saturated heterocycles. The first-order chi connectivity index (χ1) is 10.6. The number of hydrogen-bond acceptors (Lipinski definition) is 3. The fraction of sp³-hybridized carbons (Fsp3) is 0.562. The van der Waals surface area contributed by atoms with Gasteiger partial charge in [0.1, 0.15) is 0 Å². The second-order valence-corrected chi connectivity index (χ2v) is 8.22. The Balaban J connectivity index is 0.00000192. The second kappa shape index (κ2) is 7.83. The normalized spacial score (nSPS) is 22.6. The van der Waals surface area contributed by atoms with Crippen molar-refractivity contribution in [2.45, 2.75) is 19.8 Å². The summed E-state index contributed by atoms with van der Waals surface area (Å²) in [5, 5.41) is 3.34. The predicted octanol–water partition coefficient (Wildman–Crippen LogP) is 2.07. The van der Waals surface area contributed by atoms with Gasteiger partial charge in [0, 0.05) is 25.3 Å². The number of nitrogens with zero attached hydrogens (tertiary/aromatic N) is 2. The van der Waals surface area contributed by atoms with Crippen LogP contribution in [-0.4, -0.2) is 45.5 Å². The van der Waals surface area contributed by atoms with Gasteiger partial charge in [0.15, 0.2) is 15.8 Å². The van der Waals surface area contributed by atoms with Crippen molar-refractivity contribution in [2.75, 3.05) is 36.0 Å². The fourth-order valence-corrected chi connectivity index (χ4v) is 5.03. The number of fused-ring (bicyclic) bond motifs is 1. The minimum absolute atomic E-state index is 0. The number of halogens is 1. The lowest BCUT2D eigenvalue weighted by molar-refractivity contribution is 0.590. The summed E-state index contributed by atoms with van der Waals surface area (Å²) < 4.78 is 23.1. The standard InChI is InChI=1S/C16H23N3O2S.HI/c1-2-17-16(18-11-13-8-10-22(20,21)12-13)19-9-7-14-5-3-4-6-15(14)19;/h3-6,13H,2,7-12H2,1H3,(H,17,18);1H. The zero-order valence-electron chi connectivity index (χ0n) is 13.4. The van der Waals surface area contributed by atoms with Crippen LogP contribution in [0.15, 0.2) is 29.3 Å². The molecule has 128 valence electrons. The second-order valence-electron chi connectivity index (χ2n) is 5.99. The molecule has 1 unspecified atom stereocenters. The number of aliphatic imine (C=N–C) groups is 1. The lowest BCUT2D eigenvalue weighted by Gasteiger charge is -2.22. The molecule has 0 bridgehead atoms.